The summed E-state index contributed by atoms with van der Waals surface area (Å²) in [5, 5.41) is 1.08. The Kier molecular flexibility index (Phi) is 4.99. The van der Waals surface area contributed by atoms with Crippen LogP contribution in [0.5, 0.6) is 0 Å². The molecule has 1 heterocycles. The molecular formula is C27H25NO3. The van der Waals surface area contributed by atoms with Gasteiger partial charge in [-0.05, 0) is 55.2 Å². The SMILES string of the molecule is CCN(C(=O)OC1c2ccccc2-c2ccccc21)C(C)Cc1ccc2occc2c1. The van der Waals surface area contributed by atoms with Crippen molar-refractivity contribution in [3.63, 3.8) is 0 Å². The van der Waals surface area contributed by atoms with Crippen molar-refractivity contribution in [2.45, 2.75) is 32.4 Å². The molecule has 3 aromatic carbocycles. The van der Waals surface area contributed by atoms with Crippen LogP contribution in [0.1, 0.15) is 36.6 Å². The first-order chi connectivity index (χ1) is 15.2. The molecule has 0 N–H and O–H groups in total. The zero-order chi connectivity index (χ0) is 21.4. The molecule has 31 heavy (non-hydrogen) atoms. The second-order valence-corrected chi connectivity index (χ2v) is 8.07. The summed E-state index contributed by atoms with van der Waals surface area (Å²) in [6, 6.07) is 24.5. The summed E-state index contributed by atoms with van der Waals surface area (Å²) in [6.45, 7) is 4.65. The third kappa shape index (κ3) is 3.48. The van der Waals surface area contributed by atoms with Gasteiger partial charge < -0.3 is 14.1 Å². The van der Waals surface area contributed by atoms with E-state index >= 15 is 0 Å². The number of hydrogen-bond donors (Lipinski definition) is 0. The van der Waals surface area contributed by atoms with Gasteiger partial charge in [-0.2, -0.15) is 0 Å². The van der Waals surface area contributed by atoms with Crippen molar-refractivity contribution < 1.29 is 13.9 Å². The molecule has 0 aliphatic heterocycles. The van der Waals surface area contributed by atoms with E-state index in [9.17, 15) is 4.79 Å². The first-order valence-corrected chi connectivity index (χ1v) is 10.8. The molecule has 1 aromatic heterocycles. The first-order valence-electron chi connectivity index (χ1n) is 10.8. The van der Waals surface area contributed by atoms with Crippen molar-refractivity contribution in [3.8, 4) is 11.1 Å². The molecule has 0 spiro atoms. The highest BCUT2D eigenvalue weighted by molar-refractivity contribution is 5.80. The molecule has 4 aromatic rings. The number of carbonyl (C=O) groups excluding carboxylic acids is 1. The Morgan fingerprint density at radius 3 is 2.35 bits per heavy atom. The second-order valence-electron chi connectivity index (χ2n) is 8.07. The van der Waals surface area contributed by atoms with Crippen molar-refractivity contribution >= 4 is 17.1 Å². The maximum Gasteiger partial charge on any atom is 0.410 e. The molecular weight excluding hydrogens is 386 g/mol. The van der Waals surface area contributed by atoms with E-state index in [1.54, 1.807) is 6.26 Å². The fourth-order valence-electron chi connectivity index (χ4n) is 4.62. The van der Waals surface area contributed by atoms with Gasteiger partial charge in [-0.3, -0.25) is 0 Å². The van der Waals surface area contributed by atoms with E-state index in [1.807, 2.05) is 60.4 Å². The lowest BCUT2D eigenvalue weighted by Crippen LogP contribution is -2.40. The van der Waals surface area contributed by atoms with E-state index < -0.39 is 0 Å². The first kappa shape index (κ1) is 19.4. The molecule has 4 nitrogen and oxygen atoms in total. The molecule has 0 radical (unpaired) electrons. The van der Waals surface area contributed by atoms with Crippen LogP contribution in [0.3, 0.4) is 0 Å². The third-order valence-electron chi connectivity index (χ3n) is 6.15. The van der Waals surface area contributed by atoms with Crippen LogP contribution in [-0.4, -0.2) is 23.6 Å². The number of carbonyl (C=O) groups is 1. The quantitative estimate of drug-likeness (QED) is 0.372. The molecule has 1 unspecified atom stereocenters. The molecule has 1 aliphatic carbocycles. The van der Waals surface area contributed by atoms with E-state index in [1.165, 1.54) is 5.56 Å². The molecule has 0 fully saturated rings. The lowest BCUT2D eigenvalue weighted by atomic mass is 10.0. The van der Waals surface area contributed by atoms with Crippen LogP contribution >= 0.6 is 0 Å². The third-order valence-corrected chi connectivity index (χ3v) is 6.15. The fraction of sp³-hybridized carbons (Fsp3) is 0.222. The van der Waals surface area contributed by atoms with Gasteiger partial charge in [-0.25, -0.2) is 4.79 Å². The summed E-state index contributed by atoms with van der Waals surface area (Å²) < 4.78 is 11.5. The maximum absolute atomic E-state index is 13.2. The Morgan fingerprint density at radius 2 is 1.68 bits per heavy atom. The summed E-state index contributed by atoms with van der Waals surface area (Å²) >= 11 is 0. The molecule has 0 saturated carbocycles. The van der Waals surface area contributed by atoms with E-state index in [0.717, 1.165) is 39.6 Å². The van der Waals surface area contributed by atoms with Gasteiger partial charge in [0.2, 0.25) is 0 Å². The van der Waals surface area contributed by atoms with Crippen LogP contribution in [0.15, 0.2) is 83.5 Å². The van der Waals surface area contributed by atoms with Crippen LogP contribution in [0, 0.1) is 0 Å². The van der Waals surface area contributed by atoms with Gasteiger partial charge >= 0.3 is 6.09 Å². The molecule has 1 amide bonds. The average molecular weight is 412 g/mol. The van der Waals surface area contributed by atoms with Crippen molar-refractivity contribution in [2.75, 3.05) is 6.54 Å². The lowest BCUT2D eigenvalue weighted by molar-refractivity contribution is 0.0692. The number of ether oxygens (including phenoxy) is 1. The molecule has 4 heteroatoms. The van der Waals surface area contributed by atoms with Gasteiger partial charge in [0.1, 0.15) is 5.58 Å². The van der Waals surface area contributed by atoms with Crippen molar-refractivity contribution in [3.05, 3.63) is 95.7 Å². The summed E-state index contributed by atoms with van der Waals surface area (Å²) in [5.41, 5.74) is 6.42. The fourth-order valence-corrected chi connectivity index (χ4v) is 4.62. The number of likely N-dealkylation sites (N-methyl/N-ethyl adjacent to an activating group) is 1. The number of hydrogen-bond acceptors (Lipinski definition) is 3. The van der Waals surface area contributed by atoms with E-state index in [-0.39, 0.29) is 18.2 Å². The minimum atomic E-state index is -0.372. The van der Waals surface area contributed by atoms with Gasteiger partial charge in [0.05, 0.1) is 6.26 Å². The smallest absolute Gasteiger partial charge is 0.410 e. The standard InChI is InChI=1S/C27H25NO3/c1-3-28(18(2)16-19-12-13-25-20(17-19)14-15-30-25)27(29)31-26-23-10-6-4-8-21(23)22-9-5-7-11-24(22)26/h4-15,17-18,26H,3,16H2,1-2H3. The van der Waals surface area contributed by atoms with Crippen LogP contribution in [0.25, 0.3) is 22.1 Å². The van der Waals surface area contributed by atoms with E-state index in [0.29, 0.717) is 6.54 Å². The highest BCUT2D eigenvalue weighted by atomic mass is 16.6. The highest BCUT2D eigenvalue weighted by Gasteiger charge is 2.33. The number of furan rings is 1. The average Bonchev–Trinajstić information content (AvgIpc) is 3.37. The topological polar surface area (TPSA) is 42.7 Å². The lowest BCUT2D eigenvalue weighted by Gasteiger charge is -2.29. The van der Waals surface area contributed by atoms with E-state index in [2.05, 4.69) is 31.2 Å². The largest absolute Gasteiger partial charge is 0.464 e. The van der Waals surface area contributed by atoms with Gasteiger partial charge in [-0.1, -0.05) is 54.6 Å². The van der Waals surface area contributed by atoms with Crippen LogP contribution in [0.2, 0.25) is 0 Å². The summed E-state index contributed by atoms with van der Waals surface area (Å²) in [7, 11) is 0. The second kappa shape index (κ2) is 7.95. The zero-order valence-corrected chi connectivity index (χ0v) is 17.7. The normalized spacial score (nSPS) is 13.6. The Morgan fingerprint density at radius 1 is 1.00 bits per heavy atom. The molecule has 156 valence electrons. The monoisotopic (exact) mass is 411 g/mol. The predicted molar refractivity (Wildman–Crippen MR) is 122 cm³/mol. The number of amides is 1. The minimum absolute atomic E-state index is 0.00809. The summed E-state index contributed by atoms with van der Waals surface area (Å²) in [6.07, 6.45) is 1.80. The Balaban J connectivity index is 1.36. The molecule has 1 aliphatic rings. The Hall–Kier alpha value is -3.53. The number of rotatable bonds is 5. The van der Waals surface area contributed by atoms with Crippen molar-refractivity contribution in [1.29, 1.82) is 0 Å². The summed E-state index contributed by atoms with van der Waals surface area (Å²) in [5.74, 6) is 0. The minimum Gasteiger partial charge on any atom is -0.464 e. The molecule has 0 saturated heterocycles. The Bertz CT molecular complexity index is 1200. The number of benzene rings is 3. The van der Waals surface area contributed by atoms with Crippen LogP contribution in [-0.2, 0) is 11.2 Å². The Labute approximate surface area is 182 Å². The highest BCUT2D eigenvalue weighted by Crippen LogP contribution is 2.45. The zero-order valence-electron chi connectivity index (χ0n) is 17.7. The van der Waals surface area contributed by atoms with Crippen LogP contribution < -0.4 is 0 Å². The number of fused-ring (bicyclic) bond motifs is 4. The van der Waals surface area contributed by atoms with Gasteiger partial charge in [0, 0.05) is 29.1 Å². The molecule has 5 rings (SSSR count). The van der Waals surface area contributed by atoms with Gasteiger partial charge in [0.15, 0.2) is 6.10 Å². The van der Waals surface area contributed by atoms with E-state index in [4.69, 9.17) is 9.15 Å². The molecule has 0 bridgehead atoms. The van der Waals surface area contributed by atoms with Crippen molar-refractivity contribution in [2.24, 2.45) is 0 Å². The van der Waals surface area contributed by atoms with Gasteiger partial charge in [0.25, 0.3) is 0 Å². The summed E-state index contributed by atoms with van der Waals surface area (Å²) in [4.78, 5) is 15.0. The number of nitrogens with zero attached hydrogens (tertiary/aromatic N) is 1. The maximum atomic E-state index is 13.2. The van der Waals surface area contributed by atoms with Crippen LogP contribution in [0.4, 0.5) is 4.79 Å². The predicted octanol–water partition coefficient (Wildman–Crippen LogP) is 6.59. The van der Waals surface area contributed by atoms with Crippen molar-refractivity contribution in [1.82, 2.24) is 4.90 Å². The molecule has 1 atom stereocenters. The van der Waals surface area contributed by atoms with Gasteiger partial charge in [-0.15, -0.1) is 0 Å².